The van der Waals surface area contributed by atoms with E-state index in [2.05, 4.69) is 33.6 Å². The summed E-state index contributed by atoms with van der Waals surface area (Å²) in [6.45, 7) is 0.156. The van der Waals surface area contributed by atoms with Crippen LogP contribution >= 0.6 is 12.6 Å². The Balaban J connectivity index is 3.06. The summed E-state index contributed by atoms with van der Waals surface area (Å²) in [4.78, 5) is 65.5. The lowest BCUT2D eigenvalue weighted by Gasteiger charge is -2.25. The Morgan fingerprint density at radius 3 is 1.92 bits per heavy atom. The number of phenols is 1. The van der Waals surface area contributed by atoms with Crippen molar-refractivity contribution in [1.29, 1.82) is 0 Å². The molecule has 0 bridgehead atoms. The Hall–Kier alpha value is -4.05. The normalized spacial score (nSPS) is 13.7. The number of thiol groups is 1. The number of hydrogen-bond donors (Lipinski definition) is 10. The fourth-order valence-electron chi connectivity index (χ4n) is 3.30. The van der Waals surface area contributed by atoms with Crippen LogP contribution in [0, 0.1) is 0 Å². The highest BCUT2D eigenvalue weighted by atomic mass is 32.1. The van der Waals surface area contributed by atoms with Crippen molar-refractivity contribution in [3.8, 4) is 5.75 Å². The molecule has 0 fully saturated rings. The molecule has 0 saturated heterocycles. The van der Waals surface area contributed by atoms with E-state index in [1.807, 2.05) is 0 Å². The van der Waals surface area contributed by atoms with E-state index in [-0.39, 0.29) is 56.1 Å². The van der Waals surface area contributed by atoms with Crippen molar-refractivity contribution in [2.24, 2.45) is 27.9 Å². The maximum atomic E-state index is 13.1. The summed E-state index contributed by atoms with van der Waals surface area (Å²) in [5.74, 6) is -4.58. The lowest BCUT2D eigenvalue weighted by Crippen LogP contribution is -2.57. The number of carboxylic acid groups (broad SMARTS) is 1. The topological polar surface area (TPSA) is 278 Å². The molecule has 1 aromatic rings. The molecule has 15 nitrogen and oxygen atoms in total. The number of nitrogens with zero attached hydrogens (tertiary/aromatic N) is 1. The fourth-order valence-corrected chi connectivity index (χ4v) is 3.47. The molecule has 216 valence electrons. The molecule has 0 unspecified atom stereocenters. The molecule has 16 heteroatoms. The second kappa shape index (κ2) is 16.7. The maximum Gasteiger partial charge on any atom is 0.326 e. The Bertz CT molecular complexity index is 1030. The highest BCUT2D eigenvalue weighted by Crippen LogP contribution is 2.12. The smallest absolute Gasteiger partial charge is 0.326 e. The number of benzene rings is 1. The number of aliphatic carboxylic acids is 1. The number of guanidine groups is 1. The molecule has 1 rings (SSSR count). The molecular weight excluding hydrogens is 532 g/mol. The van der Waals surface area contributed by atoms with Gasteiger partial charge in [0.2, 0.25) is 23.6 Å². The van der Waals surface area contributed by atoms with Crippen LogP contribution in [0.1, 0.15) is 31.2 Å². The molecule has 0 radical (unpaired) electrons. The summed E-state index contributed by atoms with van der Waals surface area (Å²) in [6.07, 6.45) is -0.305. The fraction of sp³-hybridized carbons (Fsp3) is 0.478. The zero-order valence-corrected chi connectivity index (χ0v) is 22.1. The van der Waals surface area contributed by atoms with Crippen molar-refractivity contribution >= 4 is 48.2 Å². The summed E-state index contributed by atoms with van der Waals surface area (Å²) in [5, 5.41) is 26.3. The van der Waals surface area contributed by atoms with Crippen molar-refractivity contribution < 1.29 is 34.2 Å². The number of hydrogen-bond acceptors (Lipinski definition) is 9. The van der Waals surface area contributed by atoms with Crippen LogP contribution < -0.4 is 38.9 Å². The summed E-state index contributed by atoms with van der Waals surface area (Å²) >= 11 is 3.97. The Kier molecular flexibility index (Phi) is 14.1. The minimum Gasteiger partial charge on any atom is -0.508 e. The van der Waals surface area contributed by atoms with Gasteiger partial charge in [-0.2, -0.15) is 12.6 Å². The number of carbonyl (C=O) groups is 5. The second-order valence-corrected chi connectivity index (χ2v) is 9.00. The minimum absolute atomic E-state index is 0.00935. The van der Waals surface area contributed by atoms with Gasteiger partial charge in [-0.3, -0.25) is 24.2 Å². The van der Waals surface area contributed by atoms with E-state index in [0.717, 1.165) is 0 Å². The molecule has 13 N–H and O–H groups in total. The van der Waals surface area contributed by atoms with E-state index >= 15 is 0 Å². The molecule has 0 heterocycles. The van der Waals surface area contributed by atoms with Gasteiger partial charge in [0.05, 0.1) is 6.04 Å². The third-order valence-corrected chi connectivity index (χ3v) is 5.81. The zero-order chi connectivity index (χ0) is 29.5. The third kappa shape index (κ3) is 12.8. The van der Waals surface area contributed by atoms with Crippen LogP contribution in [0.15, 0.2) is 29.3 Å². The van der Waals surface area contributed by atoms with Gasteiger partial charge in [-0.25, -0.2) is 4.79 Å². The van der Waals surface area contributed by atoms with Gasteiger partial charge in [-0.05, 0) is 37.0 Å². The van der Waals surface area contributed by atoms with Crippen LogP contribution in [0.25, 0.3) is 0 Å². The monoisotopic (exact) mass is 568 g/mol. The van der Waals surface area contributed by atoms with Gasteiger partial charge in [0.1, 0.15) is 23.9 Å². The molecule has 0 aromatic heterocycles. The summed E-state index contributed by atoms with van der Waals surface area (Å²) < 4.78 is 0. The number of aliphatic imine (C=N–C) groups is 1. The van der Waals surface area contributed by atoms with E-state index in [9.17, 15) is 34.2 Å². The van der Waals surface area contributed by atoms with Gasteiger partial charge < -0.3 is 49.1 Å². The van der Waals surface area contributed by atoms with Crippen LogP contribution in [0.5, 0.6) is 5.75 Å². The average Bonchev–Trinajstić information content (AvgIpc) is 2.87. The van der Waals surface area contributed by atoms with Crippen molar-refractivity contribution in [3.63, 3.8) is 0 Å². The first kappa shape index (κ1) is 33.0. The first-order valence-electron chi connectivity index (χ1n) is 12.0. The summed E-state index contributed by atoms with van der Waals surface area (Å²) in [6, 6.07) is 0.811. The van der Waals surface area contributed by atoms with Crippen molar-refractivity contribution in [3.05, 3.63) is 29.8 Å². The number of carbonyl (C=O) groups excluding carboxylic acids is 4. The Morgan fingerprint density at radius 2 is 1.41 bits per heavy atom. The number of phenolic OH excluding ortho intramolecular Hbond substituents is 1. The Morgan fingerprint density at radius 1 is 0.872 bits per heavy atom. The quantitative estimate of drug-likeness (QED) is 0.0394. The Labute approximate surface area is 230 Å². The predicted octanol–water partition coefficient (Wildman–Crippen LogP) is -2.95. The third-order valence-electron chi connectivity index (χ3n) is 5.41. The largest absolute Gasteiger partial charge is 0.508 e. The van der Waals surface area contributed by atoms with E-state index in [0.29, 0.717) is 5.56 Å². The van der Waals surface area contributed by atoms with Crippen molar-refractivity contribution in [2.45, 2.75) is 56.3 Å². The molecule has 0 aliphatic rings. The van der Waals surface area contributed by atoms with Crippen LogP contribution in [-0.4, -0.2) is 82.2 Å². The predicted molar refractivity (Wildman–Crippen MR) is 145 cm³/mol. The van der Waals surface area contributed by atoms with E-state index in [4.69, 9.17) is 22.9 Å². The number of nitrogens with one attached hydrogen (secondary N) is 3. The van der Waals surface area contributed by atoms with Gasteiger partial charge in [-0.1, -0.05) is 12.1 Å². The standard InChI is InChI=1S/C23H36N8O7S/c24-14(11-39)19(34)29-15(2-1-9-28-23(26)27)20(35)30-16(7-8-18(25)33)21(36)31-17(22(37)38)10-12-3-5-13(32)6-4-12/h3-6,14-17,32,39H,1-2,7-11,24H2,(H2,25,33)(H,29,34)(H,30,35)(H,31,36)(H,37,38)(H4,26,27,28)/t14-,15-,16-,17-/m0/s1. The highest BCUT2D eigenvalue weighted by molar-refractivity contribution is 7.80. The summed E-state index contributed by atoms with van der Waals surface area (Å²) in [5.41, 5.74) is 22.0. The van der Waals surface area contributed by atoms with Gasteiger partial charge >= 0.3 is 5.97 Å². The average molecular weight is 569 g/mol. The number of primary amides is 1. The molecule has 0 aliphatic heterocycles. The van der Waals surface area contributed by atoms with Gasteiger partial charge in [0.15, 0.2) is 5.96 Å². The molecule has 39 heavy (non-hydrogen) atoms. The van der Waals surface area contributed by atoms with E-state index in [1.165, 1.54) is 24.3 Å². The minimum atomic E-state index is -1.39. The molecule has 0 spiro atoms. The molecular formula is C23H36N8O7S. The molecule has 1 aromatic carbocycles. The molecule has 4 amide bonds. The molecule has 4 atom stereocenters. The van der Waals surface area contributed by atoms with Crippen LogP contribution in [0.4, 0.5) is 0 Å². The zero-order valence-electron chi connectivity index (χ0n) is 21.2. The van der Waals surface area contributed by atoms with E-state index in [1.54, 1.807) is 0 Å². The first-order chi connectivity index (χ1) is 18.3. The SMILES string of the molecule is NC(=O)CC[C@H](NC(=O)[C@H](CCCN=C(N)N)NC(=O)[C@@H](N)CS)C(=O)N[C@@H](Cc1ccc(O)cc1)C(=O)O. The van der Waals surface area contributed by atoms with Crippen LogP contribution in [0.2, 0.25) is 0 Å². The lowest BCUT2D eigenvalue weighted by molar-refractivity contribution is -0.142. The van der Waals surface area contributed by atoms with Crippen LogP contribution in [-0.2, 0) is 30.4 Å². The van der Waals surface area contributed by atoms with E-state index < -0.39 is 53.8 Å². The number of amides is 4. The molecule has 0 aliphatic carbocycles. The first-order valence-corrected chi connectivity index (χ1v) is 12.6. The van der Waals surface area contributed by atoms with Gasteiger partial charge in [0.25, 0.3) is 0 Å². The number of nitrogens with two attached hydrogens (primary N) is 4. The number of carboxylic acids is 1. The van der Waals surface area contributed by atoms with Crippen molar-refractivity contribution in [1.82, 2.24) is 16.0 Å². The van der Waals surface area contributed by atoms with Gasteiger partial charge in [0, 0.05) is 25.1 Å². The maximum absolute atomic E-state index is 13.1. The summed E-state index contributed by atoms with van der Waals surface area (Å²) in [7, 11) is 0. The number of aromatic hydroxyl groups is 1. The van der Waals surface area contributed by atoms with Crippen molar-refractivity contribution in [2.75, 3.05) is 12.3 Å². The number of rotatable bonds is 17. The van der Waals surface area contributed by atoms with Crippen LogP contribution in [0.3, 0.4) is 0 Å². The molecule has 0 saturated carbocycles. The lowest BCUT2D eigenvalue weighted by atomic mass is 10.0. The highest BCUT2D eigenvalue weighted by Gasteiger charge is 2.30. The van der Waals surface area contributed by atoms with Gasteiger partial charge in [-0.15, -0.1) is 0 Å². The second-order valence-electron chi connectivity index (χ2n) is 8.64.